The zero-order valence-electron chi connectivity index (χ0n) is 13.0. The van der Waals surface area contributed by atoms with Crippen LogP contribution in [0.25, 0.3) is 0 Å². The monoisotopic (exact) mass is 324 g/mol. The lowest BCUT2D eigenvalue weighted by atomic mass is 10.3. The minimum Gasteiger partial charge on any atom is -0.338 e. The summed E-state index contributed by atoms with van der Waals surface area (Å²) in [5.41, 5.74) is 0.597. The maximum absolute atomic E-state index is 12.4. The van der Waals surface area contributed by atoms with E-state index in [1.807, 2.05) is 0 Å². The molecule has 1 aromatic carbocycles. The Kier molecular flexibility index (Phi) is 5.83. The Bertz CT molecular complexity index is 590. The molecule has 6 heteroatoms. The van der Waals surface area contributed by atoms with Gasteiger partial charge < -0.3 is 10.6 Å². The van der Waals surface area contributed by atoms with E-state index in [1.165, 1.54) is 0 Å². The quantitative estimate of drug-likeness (QED) is 0.788. The second-order valence-electron chi connectivity index (χ2n) is 5.71. The van der Waals surface area contributed by atoms with Gasteiger partial charge in [0.25, 0.3) is 0 Å². The third-order valence-electron chi connectivity index (χ3n) is 4.00. The third kappa shape index (κ3) is 4.22. The van der Waals surface area contributed by atoms with E-state index in [0.717, 1.165) is 38.5 Å². The molecule has 1 fully saturated rings. The van der Waals surface area contributed by atoms with Crippen LogP contribution in [0, 0.1) is 0 Å². The van der Waals surface area contributed by atoms with Crippen molar-refractivity contribution in [2.45, 2.75) is 55.6 Å². The number of nitrogens with one attached hydrogen (secondary N) is 2. The number of urea groups is 1. The topological polar surface area (TPSA) is 75.3 Å². The number of sulfone groups is 1. The van der Waals surface area contributed by atoms with Gasteiger partial charge in [0.2, 0.25) is 0 Å². The molecule has 2 amide bonds. The first-order valence-corrected chi connectivity index (χ1v) is 9.47. The van der Waals surface area contributed by atoms with Gasteiger partial charge in [-0.1, -0.05) is 26.2 Å². The second-order valence-corrected chi connectivity index (χ2v) is 7.94. The summed E-state index contributed by atoms with van der Waals surface area (Å²) < 4.78 is 24.9. The Labute approximate surface area is 132 Å². The van der Waals surface area contributed by atoms with Gasteiger partial charge in [-0.15, -0.1) is 0 Å². The molecule has 1 aromatic rings. The van der Waals surface area contributed by atoms with Gasteiger partial charge in [-0.2, -0.15) is 0 Å². The zero-order chi connectivity index (χ0) is 16.0. The van der Waals surface area contributed by atoms with Gasteiger partial charge in [0.05, 0.1) is 10.1 Å². The van der Waals surface area contributed by atoms with Crippen molar-refractivity contribution in [3.63, 3.8) is 0 Å². The second kappa shape index (κ2) is 7.63. The summed E-state index contributed by atoms with van der Waals surface area (Å²) in [6.45, 7) is 2.69. The molecule has 0 heterocycles. The highest BCUT2D eigenvalue weighted by Gasteiger charge is 2.30. The lowest BCUT2D eigenvalue weighted by molar-refractivity contribution is 0.252. The van der Waals surface area contributed by atoms with Crippen LogP contribution in [0.5, 0.6) is 0 Å². The minimum atomic E-state index is -3.23. The Hall–Kier alpha value is -1.56. The minimum absolute atomic E-state index is 0.247. The van der Waals surface area contributed by atoms with E-state index in [0.29, 0.717) is 17.1 Å². The summed E-state index contributed by atoms with van der Waals surface area (Å²) in [5, 5.41) is 5.21. The maximum atomic E-state index is 12.4. The molecule has 0 atom stereocenters. The molecule has 1 aliphatic carbocycles. The number of rotatable bonds is 6. The van der Waals surface area contributed by atoms with Gasteiger partial charge >= 0.3 is 6.03 Å². The molecule has 0 bridgehead atoms. The Morgan fingerprint density at radius 2 is 1.82 bits per heavy atom. The maximum Gasteiger partial charge on any atom is 0.319 e. The van der Waals surface area contributed by atoms with Crippen molar-refractivity contribution < 1.29 is 13.2 Å². The standard InChI is InChI=1S/C16H24N2O3S/c1-2-3-12-17-16(19)18-13-8-10-15(11-9-13)22(20,21)14-6-4-5-7-14/h8-11,14H,2-7,12H2,1H3,(H2,17,18,19). The smallest absolute Gasteiger partial charge is 0.319 e. The summed E-state index contributed by atoms with van der Waals surface area (Å²) in [7, 11) is -3.23. The molecule has 0 unspecified atom stereocenters. The number of hydrogen-bond acceptors (Lipinski definition) is 3. The molecule has 1 aliphatic rings. The number of hydrogen-bond donors (Lipinski definition) is 2. The summed E-state index contributed by atoms with van der Waals surface area (Å²) in [6.07, 6.45) is 5.44. The van der Waals surface area contributed by atoms with Gasteiger partial charge in [0.15, 0.2) is 9.84 Å². The summed E-state index contributed by atoms with van der Waals surface area (Å²) in [4.78, 5) is 12.0. The molecular formula is C16H24N2O3S. The predicted molar refractivity (Wildman–Crippen MR) is 87.8 cm³/mol. The average molecular weight is 324 g/mol. The molecule has 0 radical (unpaired) electrons. The Morgan fingerprint density at radius 3 is 2.41 bits per heavy atom. The molecular weight excluding hydrogens is 300 g/mol. The molecule has 0 saturated heterocycles. The summed E-state index contributed by atoms with van der Waals surface area (Å²) in [5.74, 6) is 0. The average Bonchev–Trinajstić information content (AvgIpc) is 3.03. The van der Waals surface area contributed by atoms with Crippen LogP contribution in [0.4, 0.5) is 10.5 Å². The van der Waals surface area contributed by atoms with Crippen molar-refractivity contribution in [3.8, 4) is 0 Å². The number of unbranched alkanes of at least 4 members (excludes halogenated alkanes) is 1. The molecule has 0 aliphatic heterocycles. The molecule has 2 rings (SSSR count). The largest absolute Gasteiger partial charge is 0.338 e. The highest BCUT2D eigenvalue weighted by molar-refractivity contribution is 7.92. The lowest BCUT2D eigenvalue weighted by Crippen LogP contribution is -2.29. The van der Waals surface area contributed by atoms with E-state index in [-0.39, 0.29) is 11.3 Å². The van der Waals surface area contributed by atoms with Gasteiger partial charge in [-0.3, -0.25) is 0 Å². The molecule has 5 nitrogen and oxygen atoms in total. The number of carbonyl (C=O) groups is 1. The SMILES string of the molecule is CCCCNC(=O)Nc1ccc(S(=O)(=O)C2CCCC2)cc1. The first-order chi connectivity index (χ1) is 10.5. The van der Waals surface area contributed by atoms with E-state index in [9.17, 15) is 13.2 Å². The van der Waals surface area contributed by atoms with Crippen LogP contribution in [-0.2, 0) is 9.84 Å². The van der Waals surface area contributed by atoms with Crippen LogP contribution in [0.15, 0.2) is 29.2 Å². The highest BCUT2D eigenvalue weighted by atomic mass is 32.2. The third-order valence-corrected chi connectivity index (χ3v) is 6.28. The fourth-order valence-corrected chi connectivity index (χ4v) is 4.53. The molecule has 1 saturated carbocycles. The number of carbonyl (C=O) groups excluding carboxylic acids is 1. The number of amides is 2. The van der Waals surface area contributed by atoms with Crippen molar-refractivity contribution in [1.29, 1.82) is 0 Å². The Morgan fingerprint density at radius 1 is 1.18 bits per heavy atom. The highest BCUT2D eigenvalue weighted by Crippen LogP contribution is 2.29. The number of anilines is 1. The van der Waals surface area contributed by atoms with Crippen LogP contribution in [0.2, 0.25) is 0 Å². The van der Waals surface area contributed by atoms with Crippen molar-refractivity contribution in [1.82, 2.24) is 5.32 Å². The van der Waals surface area contributed by atoms with Gasteiger partial charge in [-0.25, -0.2) is 13.2 Å². The Balaban J connectivity index is 1.96. The fraction of sp³-hybridized carbons (Fsp3) is 0.562. The van der Waals surface area contributed by atoms with Gasteiger partial charge in [-0.05, 0) is 43.5 Å². The predicted octanol–water partition coefficient (Wildman–Crippen LogP) is 3.32. The molecule has 22 heavy (non-hydrogen) atoms. The molecule has 0 aromatic heterocycles. The zero-order valence-corrected chi connectivity index (χ0v) is 13.8. The molecule has 122 valence electrons. The van der Waals surface area contributed by atoms with Crippen molar-refractivity contribution in [2.24, 2.45) is 0 Å². The fourth-order valence-electron chi connectivity index (χ4n) is 2.67. The van der Waals surface area contributed by atoms with Crippen LogP contribution in [-0.4, -0.2) is 26.2 Å². The van der Waals surface area contributed by atoms with Crippen molar-refractivity contribution in [3.05, 3.63) is 24.3 Å². The first kappa shape index (κ1) is 16.8. The lowest BCUT2D eigenvalue weighted by Gasteiger charge is -2.12. The normalized spacial score (nSPS) is 15.7. The van der Waals surface area contributed by atoms with Gasteiger partial charge in [0, 0.05) is 12.2 Å². The number of benzene rings is 1. The summed E-state index contributed by atoms with van der Waals surface area (Å²) >= 11 is 0. The van der Waals surface area contributed by atoms with E-state index >= 15 is 0 Å². The van der Waals surface area contributed by atoms with E-state index in [4.69, 9.17) is 0 Å². The first-order valence-electron chi connectivity index (χ1n) is 7.93. The van der Waals surface area contributed by atoms with E-state index < -0.39 is 9.84 Å². The van der Waals surface area contributed by atoms with Crippen molar-refractivity contribution >= 4 is 21.6 Å². The molecule has 2 N–H and O–H groups in total. The molecule has 0 spiro atoms. The van der Waals surface area contributed by atoms with E-state index in [1.54, 1.807) is 24.3 Å². The van der Waals surface area contributed by atoms with Crippen LogP contribution < -0.4 is 10.6 Å². The van der Waals surface area contributed by atoms with Crippen LogP contribution >= 0.6 is 0 Å². The van der Waals surface area contributed by atoms with Crippen LogP contribution in [0.1, 0.15) is 45.4 Å². The van der Waals surface area contributed by atoms with E-state index in [2.05, 4.69) is 17.6 Å². The van der Waals surface area contributed by atoms with Gasteiger partial charge in [0.1, 0.15) is 0 Å². The van der Waals surface area contributed by atoms with Crippen molar-refractivity contribution in [2.75, 3.05) is 11.9 Å². The summed E-state index contributed by atoms with van der Waals surface area (Å²) in [6, 6.07) is 6.17. The van der Waals surface area contributed by atoms with Crippen LogP contribution in [0.3, 0.4) is 0 Å².